The number of amides is 1. The second-order valence-electron chi connectivity index (χ2n) is 9.82. The maximum Gasteiger partial charge on any atom is 0.272 e. The van der Waals surface area contributed by atoms with Gasteiger partial charge in [0, 0.05) is 54.6 Å². The van der Waals surface area contributed by atoms with Crippen LogP contribution in [0, 0.1) is 5.82 Å². The molecule has 3 aromatic heterocycles. The number of anilines is 1. The predicted molar refractivity (Wildman–Crippen MR) is 136 cm³/mol. The summed E-state index contributed by atoms with van der Waals surface area (Å²) in [7, 11) is 0. The molecule has 0 aromatic carbocycles. The molecule has 0 radical (unpaired) electrons. The largest absolute Gasteiger partial charge is 0.372 e. The van der Waals surface area contributed by atoms with Gasteiger partial charge in [-0.15, -0.1) is 10.2 Å². The number of nitrogens with zero attached hydrogens (tertiary/aromatic N) is 5. The molecule has 1 aliphatic carbocycles. The van der Waals surface area contributed by atoms with Crippen LogP contribution in [0.3, 0.4) is 0 Å². The molecule has 9 nitrogen and oxygen atoms in total. The van der Waals surface area contributed by atoms with Crippen molar-refractivity contribution >= 4 is 34.4 Å². The Morgan fingerprint density at radius 2 is 2.14 bits per heavy atom. The van der Waals surface area contributed by atoms with Gasteiger partial charge < -0.3 is 25.3 Å². The van der Waals surface area contributed by atoms with Crippen LogP contribution in [0.25, 0.3) is 11.0 Å². The second kappa shape index (κ2) is 9.91. The fourth-order valence-corrected chi connectivity index (χ4v) is 5.33. The number of aromatic nitrogens is 4. The first kappa shape index (κ1) is 24.9. The molecule has 11 heteroatoms. The molecule has 1 fully saturated rings. The molecule has 1 saturated heterocycles. The van der Waals surface area contributed by atoms with Gasteiger partial charge in [0.1, 0.15) is 11.6 Å². The predicted octanol–water partition coefficient (Wildman–Crippen LogP) is 2.87. The van der Waals surface area contributed by atoms with Crippen LogP contribution in [0.5, 0.6) is 0 Å². The second-order valence-corrected chi connectivity index (χ2v) is 10.2. The Morgan fingerprint density at radius 3 is 2.89 bits per heavy atom. The first-order valence-corrected chi connectivity index (χ1v) is 12.8. The maximum atomic E-state index is 15.2. The highest BCUT2D eigenvalue weighted by Crippen LogP contribution is 2.29. The van der Waals surface area contributed by atoms with Gasteiger partial charge in [-0.2, -0.15) is 0 Å². The van der Waals surface area contributed by atoms with E-state index < -0.39 is 0 Å². The van der Waals surface area contributed by atoms with Crippen LogP contribution in [0.15, 0.2) is 18.3 Å². The van der Waals surface area contributed by atoms with Crippen LogP contribution in [0.4, 0.5) is 10.2 Å². The van der Waals surface area contributed by atoms with Crippen LogP contribution >= 0.6 is 11.6 Å². The zero-order valence-electron chi connectivity index (χ0n) is 20.7. The van der Waals surface area contributed by atoms with Crippen molar-refractivity contribution in [2.75, 3.05) is 18.0 Å². The molecule has 1 amide bonds. The average Bonchev–Trinajstić information content (AvgIpc) is 3.37. The van der Waals surface area contributed by atoms with Crippen LogP contribution in [-0.2, 0) is 24.1 Å². The number of ether oxygens (including phenoxy) is 1. The molecule has 36 heavy (non-hydrogen) atoms. The highest BCUT2D eigenvalue weighted by Gasteiger charge is 2.34. The van der Waals surface area contributed by atoms with Gasteiger partial charge in [-0.05, 0) is 46.1 Å². The standard InChI is InChI=1S/C25H31ClFN7O2/c1-4-33-10-17(26)15-8-21(31-32-24(15)33)25(35)29-14-5-6-20-16(7-14)18(27)9-23(30-20)34-11-19(28)22(12-34)36-13(2)3/h8-10,13-14,19,22H,4-7,11-12,28H2,1-3H3,(H,29,35). The minimum atomic E-state index is -0.356. The summed E-state index contributed by atoms with van der Waals surface area (Å²) in [4.78, 5) is 19.6. The summed E-state index contributed by atoms with van der Waals surface area (Å²) in [6.45, 7) is 7.78. The van der Waals surface area contributed by atoms with Crippen molar-refractivity contribution in [1.29, 1.82) is 0 Å². The lowest BCUT2D eigenvalue weighted by Crippen LogP contribution is -2.40. The van der Waals surface area contributed by atoms with Crippen LogP contribution in [-0.4, -0.2) is 63.0 Å². The number of nitrogens with two attached hydrogens (primary N) is 1. The van der Waals surface area contributed by atoms with Crippen molar-refractivity contribution in [2.24, 2.45) is 5.73 Å². The highest BCUT2D eigenvalue weighted by atomic mass is 35.5. The summed E-state index contributed by atoms with van der Waals surface area (Å²) in [5.41, 5.74) is 8.33. The Morgan fingerprint density at radius 1 is 1.33 bits per heavy atom. The maximum absolute atomic E-state index is 15.2. The molecule has 4 heterocycles. The number of halogens is 2. The fraction of sp³-hybridized carbons (Fsp3) is 0.520. The molecule has 3 N–H and O–H groups in total. The van der Waals surface area contributed by atoms with Gasteiger partial charge >= 0.3 is 0 Å². The highest BCUT2D eigenvalue weighted by molar-refractivity contribution is 6.35. The van der Waals surface area contributed by atoms with Crippen LogP contribution < -0.4 is 16.0 Å². The summed E-state index contributed by atoms with van der Waals surface area (Å²) in [6, 6.07) is 2.73. The number of nitrogens with one attached hydrogen (secondary N) is 1. The van der Waals surface area contributed by atoms with E-state index in [1.807, 2.05) is 30.2 Å². The number of hydrogen-bond acceptors (Lipinski definition) is 7. The lowest BCUT2D eigenvalue weighted by Gasteiger charge is -2.27. The van der Waals surface area contributed by atoms with E-state index in [2.05, 4.69) is 15.5 Å². The van der Waals surface area contributed by atoms with E-state index in [1.165, 1.54) is 6.07 Å². The van der Waals surface area contributed by atoms with Crippen LogP contribution in [0.2, 0.25) is 5.02 Å². The molecule has 5 rings (SSSR count). The number of aryl methyl sites for hydroxylation is 2. The number of fused-ring (bicyclic) bond motifs is 2. The molecular weight excluding hydrogens is 485 g/mol. The van der Waals surface area contributed by atoms with Crippen molar-refractivity contribution in [3.63, 3.8) is 0 Å². The van der Waals surface area contributed by atoms with Crippen molar-refractivity contribution in [1.82, 2.24) is 25.1 Å². The van der Waals surface area contributed by atoms with E-state index >= 15 is 4.39 Å². The number of carbonyl (C=O) groups is 1. The summed E-state index contributed by atoms with van der Waals surface area (Å²) in [5, 5.41) is 12.5. The first-order valence-electron chi connectivity index (χ1n) is 12.4. The number of hydrogen-bond donors (Lipinski definition) is 2. The molecule has 0 bridgehead atoms. The third-order valence-corrected chi connectivity index (χ3v) is 7.18. The Labute approximate surface area is 214 Å². The van der Waals surface area contributed by atoms with Crippen LogP contribution in [0.1, 0.15) is 48.9 Å². The van der Waals surface area contributed by atoms with Gasteiger partial charge in [0.05, 0.1) is 23.3 Å². The van der Waals surface area contributed by atoms with Gasteiger partial charge in [-0.1, -0.05) is 11.6 Å². The van der Waals surface area contributed by atoms with E-state index in [4.69, 9.17) is 27.1 Å². The Balaban J connectivity index is 1.28. The molecular formula is C25H31ClFN7O2. The number of pyridine rings is 1. The van der Waals surface area contributed by atoms with E-state index in [1.54, 1.807) is 12.3 Å². The zero-order chi connectivity index (χ0) is 25.6. The number of rotatable bonds is 6. The molecule has 3 aromatic rings. The van der Waals surface area contributed by atoms with Crippen molar-refractivity contribution in [3.8, 4) is 0 Å². The molecule has 0 spiro atoms. The van der Waals surface area contributed by atoms with Crippen molar-refractivity contribution in [2.45, 2.75) is 70.9 Å². The summed E-state index contributed by atoms with van der Waals surface area (Å²) in [6.07, 6.45) is 3.31. The third-order valence-electron chi connectivity index (χ3n) is 6.88. The Bertz CT molecular complexity index is 1300. The summed E-state index contributed by atoms with van der Waals surface area (Å²) < 4.78 is 23.0. The minimum absolute atomic E-state index is 0.0728. The van der Waals surface area contributed by atoms with Gasteiger partial charge in [0.25, 0.3) is 5.91 Å². The van der Waals surface area contributed by atoms with Crippen molar-refractivity contribution < 1.29 is 13.9 Å². The molecule has 0 saturated carbocycles. The van der Waals surface area contributed by atoms with Gasteiger partial charge in [-0.3, -0.25) is 4.79 Å². The van der Waals surface area contributed by atoms with E-state index in [-0.39, 0.29) is 41.7 Å². The normalized spacial score (nSPS) is 21.9. The quantitative estimate of drug-likeness (QED) is 0.519. The first-order chi connectivity index (χ1) is 17.2. The molecule has 192 valence electrons. The third kappa shape index (κ3) is 4.77. The molecule has 1 aliphatic heterocycles. The van der Waals surface area contributed by atoms with Gasteiger partial charge in [0.15, 0.2) is 11.3 Å². The number of carbonyl (C=O) groups excluding carboxylic acids is 1. The lowest BCUT2D eigenvalue weighted by molar-refractivity contribution is 0.0127. The lowest BCUT2D eigenvalue weighted by atomic mass is 9.91. The van der Waals surface area contributed by atoms with E-state index in [9.17, 15) is 4.79 Å². The Hall–Kier alpha value is -2.82. The minimum Gasteiger partial charge on any atom is -0.372 e. The van der Waals surface area contributed by atoms with Crippen molar-refractivity contribution in [3.05, 3.63) is 46.1 Å². The average molecular weight is 516 g/mol. The van der Waals surface area contributed by atoms with Gasteiger partial charge in [-0.25, -0.2) is 9.37 Å². The topological polar surface area (TPSA) is 111 Å². The molecule has 3 unspecified atom stereocenters. The van der Waals surface area contributed by atoms with E-state index in [0.29, 0.717) is 66.3 Å². The Kier molecular flexibility index (Phi) is 6.84. The monoisotopic (exact) mass is 515 g/mol. The van der Waals surface area contributed by atoms with Gasteiger partial charge in [0.2, 0.25) is 0 Å². The molecule has 2 aliphatic rings. The summed E-state index contributed by atoms with van der Waals surface area (Å²) in [5.74, 6) is -0.0893. The SMILES string of the molecule is CCn1cc(Cl)c2cc(C(=O)NC3CCc4nc(N5CC(N)C(OC(C)C)C5)cc(F)c4C3)nnc21. The fourth-order valence-electron chi connectivity index (χ4n) is 5.07. The summed E-state index contributed by atoms with van der Waals surface area (Å²) >= 11 is 6.31. The smallest absolute Gasteiger partial charge is 0.272 e. The molecule has 3 atom stereocenters. The zero-order valence-corrected chi connectivity index (χ0v) is 21.4. The van der Waals surface area contributed by atoms with E-state index in [0.717, 1.165) is 5.69 Å².